The molecule has 6 rings (SSSR count). The normalized spacial score (nSPS) is 18.0. The van der Waals surface area contributed by atoms with Gasteiger partial charge in [0.2, 0.25) is 5.91 Å². The summed E-state index contributed by atoms with van der Waals surface area (Å²) in [6.07, 6.45) is 0.142. The van der Waals surface area contributed by atoms with E-state index in [1.165, 1.54) is 4.57 Å². The molecule has 4 heterocycles. The topological polar surface area (TPSA) is 97.2 Å². The largest absolute Gasteiger partial charge is 0.378 e. The maximum absolute atomic E-state index is 14.1. The number of hydrogen-bond donors (Lipinski definition) is 2. The Labute approximate surface area is 224 Å². The average molecular weight is 534 g/mol. The highest BCUT2D eigenvalue weighted by Gasteiger charge is 2.24. The Morgan fingerprint density at radius 2 is 1.77 bits per heavy atom. The maximum atomic E-state index is 14.1. The van der Waals surface area contributed by atoms with E-state index in [0.717, 1.165) is 25.8 Å². The first-order valence-corrected chi connectivity index (χ1v) is 13.2. The lowest BCUT2D eigenvalue weighted by Crippen LogP contribution is -2.43. The highest BCUT2D eigenvalue weighted by molar-refractivity contribution is 5.95. The third-order valence-electron chi connectivity index (χ3n) is 7.08. The minimum absolute atomic E-state index is 0.0539. The van der Waals surface area contributed by atoms with Crippen LogP contribution in [0.25, 0.3) is 28.2 Å². The number of carbonyl (C=O) groups is 1. The molecule has 0 aliphatic carbocycles. The van der Waals surface area contributed by atoms with Gasteiger partial charge in [0.15, 0.2) is 11.6 Å². The van der Waals surface area contributed by atoms with Gasteiger partial charge < -0.3 is 20.3 Å². The van der Waals surface area contributed by atoms with Gasteiger partial charge in [-0.15, -0.1) is 0 Å². The summed E-state index contributed by atoms with van der Waals surface area (Å²) in [5.41, 5.74) is 2.37. The molecule has 4 aromatic rings. The fourth-order valence-electron chi connectivity index (χ4n) is 5.06. The number of morpholine rings is 1. The quantitative estimate of drug-likeness (QED) is 0.381. The molecule has 0 saturated carbocycles. The summed E-state index contributed by atoms with van der Waals surface area (Å²) >= 11 is 0. The zero-order valence-corrected chi connectivity index (χ0v) is 21.3. The number of carbonyl (C=O) groups excluding carboxylic acids is 1. The highest BCUT2D eigenvalue weighted by atomic mass is 19.3. The van der Waals surface area contributed by atoms with Gasteiger partial charge in [-0.3, -0.25) is 9.36 Å². The molecule has 1 amide bonds. The number of para-hydroxylation sites is 2. The first-order chi connectivity index (χ1) is 19.1. The van der Waals surface area contributed by atoms with E-state index < -0.39 is 6.43 Å². The highest BCUT2D eigenvalue weighted by Crippen LogP contribution is 2.30. The van der Waals surface area contributed by atoms with Crippen LogP contribution in [0.4, 0.5) is 20.3 Å². The summed E-state index contributed by atoms with van der Waals surface area (Å²) in [7, 11) is 0. The Kier molecular flexibility index (Phi) is 7.16. The lowest BCUT2D eigenvalue weighted by Gasteiger charge is -2.28. The molecule has 1 atom stereocenters. The SMILES string of the molecule is O=C(Nc1ccc(-c2nc(N3CCOCC3)cc(-n3c(C(F)F)nc4ccccc43)n2)cc1)[C@@H]1CCCCN1. The second kappa shape index (κ2) is 11.0. The lowest BCUT2D eigenvalue weighted by atomic mass is 10.0. The van der Waals surface area contributed by atoms with E-state index in [2.05, 4.69) is 20.5 Å². The van der Waals surface area contributed by atoms with Crippen LogP contribution in [-0.2, 0) is 9.53 Å². The van der Waals surface area contributed by atoms with Crippen molar-refractivity contribution in [1.82, 2.24) is 24.8 Å². The summed E-state index contributed by atoms with van der Waals surface area (Å²) in [6, 6.07) is 15.8. The van der Waals surface area contributed by atoms with Gasteiger partial charge in [-0.25, -0.2) is 23.7 Å². The van der Waals surface area contributed by atoms with Crippen LogP contribution in [0.15, 0.2) is 54.6 Å². The van der Waals surface area contributed by atoms with E-state index in [9.17, 15) is 13.6 Å². The Bertz CT molecular complexity index is 1460. The van der Waals surface area contributed by atoms with Crippen molar-refractivity contribution in [3.05, 3.63) is 60.4 Å². The standard InChI is InChI=1S/C28H29F2N7O2/c29-25(30)27-33-20-5-1-2-7-22(20)37(27)24-17-23(36-13-15-39-16-14-36)34-26(35-24)18-8-10-19(11-9-18)32-28(38)21-6-3-4-12-31-21/h1-2,5,7-11,17,21,25,31H,3-4,6,12-16H2,(H,32,38)/t21-/m0/s1. The van der Waals surface area contributed by atoms with Crippen LogP contribution in [0.1, 0.15) is 31.5 Å². The summed E-state index contributed by atoms with van der Waals surface area (Å²) in [4.78, 5) is 28.4. The molecule has 202 valence electrons. The van der Waals surface area contributed by atoms with Crippen LogP contribution >= 0.6 is 0 Å². The fraction of sp³-hybridized carbons (Fsp3) is 0.357. The van der Waals surface area contributed by atoms with Crippen molar-refractivity contribution >= 4 is 28.4 Å². The van der Waals surface area contributed by atoms with Crippen molar-refractivity contribution in [3.8, 4) is 17.2 Å². The molecular formula is C28H29F2N7O2. The summed E-state index contributed by atoms with van der Waals surface area (Å²) in [5, 5.41) is 6.22. The van der Waals surface area contributed by atoms with Crippen molar-refractivity contribution in [3.63, 3.8) is 0 Å². The average Bonchev–Trinajstić information content (AvgIpc) is 3.38. The monoisotopic (exact) mass is 533 g/mol. The molecule has 2 aromatic heterocycles. The Hall–Kier alpha value is -3.96. The van der Waals surface area contributed by atoms with Crippen molar-refractivity contribution in [2.75, 3.05) is 43.1 Å². The molecule has 11 heteroatoms. The number of aromatic nitrogens is 4. The van der Waals surface area contributed by atoms with Crippen LogP contribution in [0.2, 0.25) is 0 Å². The van der Waals surface area contributed by atoms with Gasteiger partial charge in [0.05, 0.1) is 30.3 Å². The molecule has 0 radical (unpaired) electrons. The third-order valence-corrected chi connectivity index (χ3v) is 7.08. The first kappa shape index (κ1) is 25.3. The molecule has 2 saturated heterocycles. The lowest BCUT2D eigenvalue weighted by molar-refractivity contribution is -0.118. The van der Waals surface area contributed by atoms with Gasteiger partial charge in [-0.05, 0) is 55.8 Å². The number of alkyl halides is 2. The molecule has 0 bridgehead atoms. The molecule has 2 N–H and O–H groups in total. The number of imidazole rings is 1. The predicted molar refractivity (Wildman–Crippen MR) is 144 cm³/mol. The van der Waals surface area contributed by atoms with Crippen molar-refractivity contribution in [1.29, 1.82) is 0 Å². The van der Waals surface area contributed by atoms with Gasteiger partial charge in [0.1, 0.15) is 11.6 Å². The van der Waals surface area contributed by atoms with Crippen molar-refractivity contribution in [2.24, 2.45) is 0 Å². The third kappa shape index (κ3) is 5.32. The Morgan fingerprint density at radius 3 is 2.51 bits per heavy atom. The second-order valence-corrected chi connectivity index (χ2v) is 9.67. The van der Waals surface area contributed by atoms with E-state index in [0.29, 0.717) is 66.0 Å². The minimum atomic E-state index is -2.79. The predicted octanol–water partition coefficient (Wildman–Crippen LogP) is 4.34. The second-order valence-electron chi connectivity index (χ2n) is 9.67. The van der Waals surface area contributed by atoms with Crippen molar-refractivity contribution < 1.29 is 18.3 Å². The molecule has 2 aliphatic heterocycles. The van der Waals surface area contributed by atoms with Crippen LogP contribution in [0.3, 0.4) is 0 Å². The summed E-state index contributed by atoms with van der Waals surface area (Å²) < 4.78 is 35.1. The number of fused-ring (bicyclic) bond motifs is 1. The molecule has 9 nitrogen and oxygen atoms in total. The number of rotatable bonds is 6. The molecule has 0 spiro atoms. The number of halogens is 2. The Morgan fingerprint density at radius 1 is 1.00 bits per heavy atom. The zero-order chi connectivity index (χ0) is 26.8. The van der Waals surface area contributed by atoms with E-state index in [1.807, 2.05) is 12.1 Å². The molecular weight excluding hydrogens is 504 g/mol. The zero-order valence-electron chi connectivity index (χ0n) is 21.3. The fourth-order valence-corrected chi connectivity index (χ4v) is 5.06. The summed E-state index contributed by atoms with van der Waals surface area (Å²) in [5.74, 6) is 0.895. The van der Waals surface area contributed by atoms with Crippen LogP contribution in [0.5, 0.6) is 0 Å². The number of ether oxygens (including phenoxy) is 1. The number of hydrogen-bond acceptors (Lipinski definition) is 7. The van der Waals surface area contributed by atoms with Gasteiger partial charge in [0, 0.05) is 30.4 Å². The molecule has 0 unspecified atom stereocenters. The van der Waals surface area contributed by atoms with E-state index in [1.54, 1.807) is 42.5 Å². The number of nitrogens with one attached hydrogen (secondary N) is 2. The Balaban J connectivity index is 1.38. The van der Waals surface area contributed by atoms with Crippen LogP contribution < -0.4 is 15.5 Å². The molecule has 2 aromatic carbocycles. The maximum Gasteiger partial charge on any atom is 0.296 e. The van der Waals surface area contributed by atoms with Gasteiger partial charge >= 0.3 is 0 Å². The molecule has 39 heavy (non-hydrogen) atoms. The van der Waals surface area contributed by atoms with Gasteiger partial charge in [0.25, 0.3) is 6.43 Å². The van der Waals surface area contributed by atoms with E-state index in [-0.39, 0.29) is 17.8 Å². The first-order valence-electron chi connectivity index (χ1n) is 13.2. The number of anilines is 2. The van der Waals surface area contributed by atoms with Gasteiger partial charge in [-0.1, -0.05) is 18.6 Å². The smallest absolute Gasteiger partial charge is 0.296 e. The van der Waals surface area contributed by atoms with E-state index >= 15 is 0 Å². The summed E-state index contributed by atoms with van der Waals surface area (Å²) in [6.45, 7) is 3.20. The van der Waals surface area contributed by atoms with E-state index in [4.69, 9.17) is 14.7 Å². The number of benzene rings is 2. The van der Waals surface area contributed by atoms with Crippen LogP contribution in [0, 0.1) is 0 Å². The number of piperidine rings is 1. The molecule has 2 aliphatic rings. The number of amides is 1. The van der Waals surface area contributed by atoms with Crippen molar-refractivity contribution in [2.45, 2.75) is 31.7 Å². The number of nitrogens with zero attached hydrogens (tertiary/aromatic N) is 5. The minimum Gasteiger partial charge on any atom is -0.378 e. The molecule has 2 fully saturated rings. The van der Waals surface area contributed by atoms with Crippen LogP contribution in [-0.4, -0.2) is 64.3 Å². The van der Waals surface area contributed by atoms with Gasteiger partial charge in [-0.2, -0.15) is 0 Å².